The summed E-state index contributed by atoms with van der Waals surface area (Å²) < 4.78 is 18.6. The van der Waals surface area contributed by atoms with Crippen LogP contribution >= 0.6 is 0 Å². The Morgan fingerprint density at radius 1 is 1.05 bits per heavy atom. The highest BCUT2D eigenvalue weighted by Gasteiger charge is 2.75. The average Bonchev–Trinajstić information content (AvgIpc) is 3.84. The first-order valence-corrected chi connectivity index (χ1v) is 19.2. The van der Waals surface area contributed by atoms with Crippen molar-refractivity contribution < 1.29 is 38.5 Å². The van der Waals surface area contributed by atoms with Gasteiger partial charge in [-0.3, -0.25) is 19.2 Å². The van der Waals surface area contributed by atoms with Crippen LogP contribution in [0.3, 0.4) is 0 Å². The summed E-state index contributed by atoms with van der Waals surface area (Å²) in [5.41, 5.74) is -0.0642. The van der Waals surface area contributed by atoms with E-state index in [1.54, 1.807) is 17.1 Å². The zero-order chi connectivity index (χ0) is 39.3. The highest BCUT2D eigenvalue weighted by Crippen LogP contribution is 2.59. The Labute approximate surface area is 323 Å². The lowest BCUT2D eigenvalue weighted by molar-refractivity contribution is -0.163. The molecule has 0 unspecified atom stereocenters. The van der Waals surface area contributed by atoms with Gasteiger partial charge >= 0.3 is 5.97 Å². The second-order valence-corrected chi connectivity index (χ2v) is 15.3. The molecule has 0 aromatic heterocycles. The summed E-state index contributed by atoms with van der Waals surface area (Å²) in [7, 11) is 1.51. The molecule has 3 aliphatic heterocycles. The van der Waals surface area contributed by atoms with Gasteiger partial charge in [-0.15, -0.1) is 13.2 Å². The van der Waals surface area contributed by atoms with Crippen LogP contribution in [-0.2, 0) is 33.4 Å². The van der Waals surface area contributed by atoms with E-state index in [9.17, 15) is 19.5 Å². The molecule has 0 radical (unpaired) electrons. The van der Waals surface area contributed by atoms with Crippen molar-refractivity contribution in [3.05, 3.63) is 104 Å². The molecule has 8 atom stereocenters. The minimum Gasteiger partial charge on any atom is -0.455 e. The molecule has 3 aliphatic rings. The number of fused-ring (bicyclic) bond motifs is 2. The molecule has 3 aromatic carbocycles. The molecule has 1 spiro atoms. The third-order valence-corrected chi connectivity index (χ3v) is 11.2. The number of esters is 1. The highest BCUT2D eigenvalue weighted by molar-refractivity contribution is 6.05. The van der Waals surface area contributed by atoms with E-state index >= 15 is 4.79 Å². The molecule has 0 aliphatic carbocycles. The molecule has 6 rings (SSSR count). The van der Waals surface area contributed by atoms with Crippen LogP contribution in [0.15, 0.2) is 98.1 Å². The van der Waals surface area contributed by atoms with E-state index in [1.807, 2.05) is 86.6 Å². The van der Waals surface area contributed by atoms with Gasteiger partial charge in [0.1, 0.15) is 17.7 Å². The number of hydrogen-bond acceptors (Lipinski definition) is 8. The zero-order valence-corrected chi connectivity index (χ0v) is 32.0. The van der Waals surface area contributed by atoms with E-state index in [-0.39, 0.29) is 43.9 Å². The first kappa shape index (κ1) is 39.8. The van der Waals surface area contributed by atoms with Gasteiger partial charge in [-0.25, -0.2) is 0 Å². The molecular weight excluding hydrogens is 698 g/mol. The van der Waals surface area contributed by atoms with Gasteiger partial charge in [0.25, 0.3) is 5.91 Å². The van der Waals surface area contributed by atoms with Crippen molar-refractivity contribution in [2.75, 3.05) is 31.8 Å². The minimum atomic E-state index is -1.34. The number of ether oxygens (including phenoxy) is 3. The van der Waals surface area contributed by atoms with Crippen LogP contribution in [0.5, 0.6) is 0 Å². The Hall–Kier alpha value is -4.84. The van der Waals surface area contributed by atoms with E-state index in [0.29, 0.717) is 36.9 Å². The molecule has 0 saturated carbocycles. The van der Waals surface area contributed by atoms with Gasteiger partial charge in [0.2, 0.25) is 11.8 Å². The van der Waals surface area contributed by atoms with E-state index < -0.39 is 59.6 Å². The number of aliphatic hydroxyl groups excluding tert-OH is 1. The lowest BCUT2D eigenvalue weighted by Crippen LogP contribution is -2.59. The first-order chi connectivity index (χ1) is 26.6. The number of benzene rings is 3. The number of methoxy groups -OCH3 is 1. The molecular formula is C44H53N3O8. The summed E-state index contributed by atoms with van der Waals surface area (Å²) in [5, 5.41) is 15.7. The SMILES string of the molecule is C=CCCC(=O)N[C@@H](COC)[C@@H](OC(=O)[C@@H]1[C@@H]2CC[C@]3(O2)[C@H](C(=O)N(CC=C)c2ccc4ccccc4c2)N([C@@H](CO)CC(C)C)C(=O)[C@@H]13)c1ccccc1. The summed E-state index contributed by atoms with van der Waals surface area (Å²) in [6.45, 7) is 11.5. The van der Waals surface area contributed by atoms with Gasteiger partial charge in [0.15, 0.2) is 0 Å². The number of likely N-dealkylation sites (tertiary alicyclic amines) is 1. The molecule has 2 N–H and O–H groups in total. The molecule has 2 bridgehead atoms. The number of hydrogen-bond donors (Lipinski definition) is 2. The fourth-order valence-corrected chi connectivity index (χ4v) is 8.92. The third-order valence-electron chi connectivity index (χ3n) is 11.2. The Balaban J connectivity index is 1.38. The molecule has 3 amide bonds. The fraction of sp³-hybridized carbons (Fsp3) is 0.455. The standard InChI is InChI=1S/C44H53N3O8/c1-6-8-18-36(49)45-34(27-53-5)39(30-15-10-9-11-16-30)54-43(52)37-35-21-22-44(55-35)38(37)41(50)47(33(26-48)24-28(3)4)40(44)42(51)46(23-7-2)32-20-19-29-14-12-13-17-31(29)25-32/h6-7,9-17,19-20,25,28,33-35,37-40,48H,1-2,8,18,21-24,26-27H2,3-5H3,(H,45,49)/t33-,34+,35+,37-,38-,39+,40+,44-/m1/s1. The van der Waals surface area contributed by atoms with Crippen LogP contribution in [-0.4, -0.2) is 90.4 Å². The van der Waals surface area contributed by atoms with E-state index in [0.717, 1.165) is 10.8 Å². The lowest BCUT2D eigenvalue weighted by atomic mass is 9.70. The molecule has 3 heterocycles. The molecule has 292 valence electrons. The van der Waals surface area contributed by atoms with Crippen molar-refractivity contribution in [3.8, 4) is 0 Å². The monoisotopic (exact) mass is 751 g/mol. The molecule has 11 nitrogen and oxygen atoms in total. The minimum absolute atomic E-state index is 0.0508. The molecule has 55 heavy (non-hydrogen) atoms. The Kier molecular flexibility index (Phi) is 12.5. The number of nitrogens with zero attached hydrogens (tertiary/aromatic N) is 2. The van der Waals surface area contributed by atoms with Gasteiger partial charge < -0.3 is 34.4 Å². The van der Waals surface area contributed by atoms with Crippen molar-refractivity contribution in [1.29, 1.82) is 0 Å². The topological polar surface area (TPSA) is 135 Å². The predicted molar refractivity (Wildman–Crippen MR) is 210 cm³/mol. The van der Waals surface area contributed by atoms with Gasteiger partial charge in [-0.1, -0.05) is 86.7 Å². The first-order valence-electron chi connectivity index (χ1n) is 19.2. The quantitative estimate of drug-likeness (QED) is 0.128. The van der Waals surface area contributed by atoms with Gasteiger partial charge in [0, 0.05) is 25.8 Å². The Morgan fingerprint density at radius 2 is 1.78 bits per heavy atom. The Bertz CT molecular complexity index is 1880. The second-order valence-electron chi connectivity index (χ2n) is 15.3. The van der Waals surface area contributed by atoms with Crippen molar-refractivity contribution in [2.24, 2.45) is 17.8 Å². The number of amides is 3. The molecule has 3 fully saturated rings. The van der Waals surface area contributed by atoms with Crippen molar-refractivity contribution in [1.82, 2.24) is 10.2 Å². The summed E-state index contributed by atoms with van der Waals surface area (Å²) in [5.74, 6) is -3.66. The number of allylic oxidation sites excluding steroid dienone is 1. The van der Waals surface area contributed by atoms with Crippen LogP contribution in [0.4, 0.5) is 5.69 Å². The maximum atomic E-state index is 15.2. The maximum Gasteiger partial charge on any atom is 0.313 e. The molecule has 11 heteroatoms. The number of anilines is 1. The zero-order valence-electron chi connectivity index (χ0n) is 32.0. The smallest absolute Gasteiger partial charge is 0.313 e. The van der Waals surface area contributed by atoms with Crippen LogP contribution in [0.1, 0.15) is 57.6 Å². The second kappa shape index (κ2) is 17.3. The van der Waals surface area contributed by atoms with Gasteiger partial charge in [-0.2, -0.15) is 0 Å². The number of aliphatic hydroxyl groups is 1. The number of rotatable bonds is 18. The van der Waals surface area contributed by atoms with Crippen LogP contribution < -0.4 is 10.2 Å². The van der Waals surface area contributed by atoms with Crippen LogP contribution in [0.2, 0.25) is 0 Å². The highest BCUT2D eigenvalue weighted by atomic mass is 16.6. The maximum absolute atomic E-state index is 15.2. The number of carbonyl (C=O) groups is 4. The number of nitrogens with one attached hydrogen (secondary N) is 1. The molecule has 3 aromatic rings. The van der Waals surface area contributed by atoms with Crippen molar-refractivity contribution in [3.63, 3.8) is 0 Å². The van der Waals surface area contributed by atoms with Crippen molar-refractivity contribution in [2.45, 2.75) is 81.9 Å². The van der Waals surface area contributed by atoms with Gasteiger partial charge in [0.05, 0.1) is 43.2 Å². The Morgan fingerprint density at radius 3 is 2.45 bits per heavy atom. The van der Waals surface area contributed by atoms with Crippen molar-refractivity contribution >= 4 is 40.2 Å². The average molecular weight is 752 g/mol. The van der Waals surface area contributed by atoms with Crippen LogP contribution in [0.25, 0.3) is 10.8 Å². The lowest BCUT2D eigenvalue weighted by Gasteiger charge is -2.39. The van der Waals surface area contributed by atoms with E-state index in [4.69, 9.17) is 14.2 Å². The summed E-state index contributed by atoms with van der Waals surface area (Å²) in [6.07, 6.45) is 3.59. The third kappa shape index (κ3) is 7.83. The summed E-state index contributed by atoms with van der Waals surface area (Å²) in [4.78, 5) is 60.9. The summed E-state index contributed by atoms with van der Waals surface area (Å²) in [6, 6.07) is 20.2. The van der Waals surface area contributed by atoms with E-state index in [1.165, 1.54) is 12.0 Å². The predicted octanol–water partition coefficient (Wildman–Crippen LogP) is 5.52. The normalized spacial score (nSPS) is 24.3. The summed E-state index contributed by atoms with van der Waals surface area (Å²) >= 11 is 0. The largest absolute Gasteiger partial charge is 0.455 e. The fourth-order valence-electron chi connectivity index (χ4n) is 8.92. The van der Waals surface area contributed by atoms with Gasteiger partial charge in [-0.05, 0) is 60.1 Å². The molecule has 3 saturated heterocycles. The van der Waals surface area contributed by atoms with E-state index in [2.05, 4.69) is 18.5 Å². The number of carbonyl (C=O) groups excluding carboxylic acids is 4. The van der Waals surface area contributed by atoms with Crippen LogP contribution in [0, 0.1) is 17.8 Å².